The zero-order valence-corrected chi connectivity index (χ0v) is 14.7. The van der Waals surface area contributed by atoms with E-state index in [0.717, 1.165) is 5.69 Å². The average molecular weight is 391 g/mol. The molecule has 0 fully saturated rings. The van der Waals surface area contributed by atoms with Gasteiger partial charge in [0.1, 0.15) is 5.15 Å². The minimum Gasteiger partial charge on any atom is -0.454 e. The maximum atomic E-state index is 12.1. The number of aromatic nitrogens is 4. The van der Waals surface area contributed by atoms with Gasteiger partial charge < -0.3 is 15.8 Å². The Morgan fingerprint density at radius 2 is 1.92 bits per heavy atom. The summed E-state index contributed by atoms with van der Waals surface area (Å²) in [6, 6.07) is 10.7. The molecule has 0 aliphatic carbocycles. The highest BCUT2D eigenvalue weighted by atomic mass is 35.5. The molecule has 2 aromatic heterocycles. The second-order valence-electron chi connectivity index (χ2n) is 5.00. The fraction of sp³-hybridized carbons (Fsp3) is 0.0625. The van der Waals surface area contributed by atoms with Crippen molar-refractivity contribution in [1.82, 2.24) is 19.9 Å². The molecule has 1 aromatic carbocycles. The predicted molar refractivity (Wildman–Crippen MR) is 97.3 cm³/mol. The predicted octanol–water partition coefficient (Wildman–Crippen LogP) is 3.26. The van der Waals surface area contributed by atoms with Crippen molar-refractivity contribution < 1.29 is 9.53 Å². The lowest BCUT2D eigenvalue weighted by molar-refractivity contribution is 0.0461. The van der Waals surface area contributed by atoms with Crippen molar-refractivity contribution in [2.45, 2.75) is 6.61 Å². The lowest BCUT2D eigenvalue weighted by atomic mass is 10.3. The number of para-hydroxylation sites is 1. The minimum atomic E-state index is -0.646. The van der Waals surface area contributed by atoms with Gasteiger partial charge in [0.15, 0.2) is 12.4 Å². The Morgan fingerprint density at radius 1 is 1.15 bits per heavy atom. The van der Waals surface area contributed by atoms with Gasteiger partial charge in [0.2, 0.25) is 11.9 Å². The molecule has 132 valence electrons. The first-order chi connectivity index (χ1) is 12.5. The van der Waals surface area contributed by atoms with Crippen LogP contribution in [-0.2, 0) is 11.3 Å². The number of esters is 1. The summed E-state index contributed by atoms with van der Waals surface area (Å²) in [6.07, 6.45) is 1.26. The number of carbonyl (C=O) groups excluding carboxylic acids is 1. The van der Waals surface area contributed by atoms with Crippen LogP contribution in [0.5, 0.6) is 0 Å². The molecule has 3 rings (SSSR count). The minimum absolute atomic E-state index is 0.000633. The van der Waals surface area contributed by atoms with E-state index in [0.29, 0.717) is 0 Å². The number of benzene rings is 1. The number of rotatable bonds is 5. The van der Waals surface area contributed by atoms with E-state index in [1.807, 2.05) is 30.3 Å². The van der Waals surface area contributed by atoms with E-state index in [1.165, 1.54) is 12.3 Å². The molecular formula is C16H12Cl2N6O2. The molecule has 8 nitrogen and oxygen atoms in total. The molecule has 0 unspecified atom stereocenters. The Labute approximate surface area is 158 Å². The Morgan fingerprint density at radius 3 is 2.65 bits per heavy atom. The van der Waals surface area contributed by atoms with Crippen molar-refractivity contribution in [3.05, 3.63) is 64.2 Å². The average Bonchev–Trinajstić information content (AvgIpc) is 2.62. The first kappa shape index (κ1) is 17.8. The Kier molecular flexibility index (Phi) is 5.45. The molecular weight excluding hydrogens is 379 g/mol. The fourth-order valence-corrected chi connectivity index (χ4v) is 2.22. The van der Waals surface area contributed by atoms with Crippen LogP contribution in [0.3, 0.4) is 0 Å². The topological polar surface area (TPSA) is 116 Å². The van der Waals surface area contributed by atoms with E-state index >= 15 is 0 Å². The zero-order valence-electron chi connectivity index (χ0n) is 13.2. The van der Waals surface area contributed by atoms with Gasteiger partial charge in [-0.05, 0) is 18.2 Å². The van der Waals surface area contributed by atoms with Crippen molar-refractivity contribution >= 4 is 46.8 Å². The van der Waals surface area contributed by atoms with Gasteiger partial charge in [-0.3, -0.25) is 0 Å². The summed E-state index contributed by atoms with van der Waals surface area (Å²) in [7, 11) is 0. The normalized spacial score (nSPS) is 10.4. The summed E-state index contributed by atoms with van der Waals surface area (Å²) in [6.45, 7) is -0.199. The SMILES string of the molecule is Nc1nc(COC(=O)c2cnc(Cl)c(Cl)c2)nc(Nc2ccccc2)n1. The number of pyridine rings is 1. The van der Waals surface area contributed by atoms with Crippen LogP contribution >= 0.6 is 23.2 Å². The highest BCUT2D eigenvalue weighted by Crippen LogP contribution is 2.20. The molecule has 0 aliphatic heterocycles. The van der Waals surface area contributed by atoms with Gasteiger partial charge in [-0.25, -0.2) is 9.78 Å². The highest BCUT2D eigenvalue weighted by molar-refractivity contribution is 6.41. The van der Waals surface area contributed by atoms with Crippen molar-refractivity contribution in [1.29, 1.82) is 0 Å². The Balaban J connectivity index is 1.69. The summed E-state index contributed by atoms with van der Waals surface area (Å²) in [5.41, 5.74) is 6.62. The molecule has 2 heterocycles. The monoisotopic (exact) mass is 390 g/mol. The molecule has 0 aliphatic rings. The zero-order chi connectivity index (χ0) is 18.5. The quantitative estimate of drug-likeness (QED) is 0.503. The van der Waals surface area contributed by atoms with E-state index < -0.39 is 5.97 Å². The third-order valence-electron chi connectivity index (χ3n) is 3.09. The highest BCUT2D eigenvalue weighted by Gasteiger charge is 2.13. The van der Waals surface area contributed by atoms with Crippen molar-refractivity contribution in [3.63, 3.8) is 0 Å². The molecule has 3 aromatic rings. The molecule has 10 heteroatoms. The first-order valence-electron chi connectivity index (χ1n) is 7.32. The van der Waals surface area contributed by atoms with E-state index in [2.05, 4.69) is 25.3 Å². The number of nitrogens with two attached hydrogens (primary N) is 1. The fourth-order valence-electron chi connectivity index (χ4n) is 1.96. The van der Waals surface area contributed by atoms with Crippen LogP contribution in [0.25, 0.3) is 0 Å². The smallest absolute Gasteiger partial charge is 0.340 e. The van der Waals surface area contributed by atoms with Gasteiger partial charge in [0.25, 0.3) is 0 Å². The number of hydrogen-bond donors (Lipinski definition) is 2. The van der Waals surface area contributed by atoms with E-state index in [-0.39, 0.29) is 40.1 Å². The molecule has 0 bridgehead atoms. The molecule has 26 heavy (non-hydrogen) atoms. The number of nitrogen functional groups attached to an aromatic ring is 1. The van der Waals surface area contributed by atoms with Crippen LogP contribution in [0.4, 0.5) is 17.6 Å². The first-order valence-corrected chi connectivity index (χ1v) is 8.07. The van der Waals surface area contributed by atoms with Crippen LogP contribution in [-0.4, -0.2) is 25.9 Å². The summed E-state index contributed by atoms with van der Waals surface area (Å²) in [4.78, 5) is 28.0. The number of nitrogens with zero attached hydrogens (tertiary/aromatic N) is 4. The lowest BCUT2D eigenvalue weighted by Gasteiger charge is -2.08. The van der Waals surface area contributed by atoms with E-state index in [1.54, 1.807) is 0 Å². The van der Waals surface area contributed by atoms with Crippen LogP contribution < -0.4 is 11.1 Å². The Hall–Kier alpha value is -2.97. The van der Waals surface area contributed by atoms with E-state index in [9.17, 15) is 4.79 Å². The van der Waals surface area contributed by atoms with Crippen LogP contribution in [0.15, 0.2) is 42.6 Å². The van der Waals surface area contributed by atoms with Gasteiger partial charge in [-0.1, -0.05) is 41.4 Å². The van der Waals surface area contributed by atoms with Gasteiger partial charge in [-0.2, -0.15) is 15.0 Å². The van der Waals surface area contributed by atoms with Crippen molar-refractivity contribution in [2.24, 2.45) is 0 Å². The molecule has 0 saturated carbocycles. The van der Waals surface area contributed by atoms with Crippen LogP contribution in [0.2, 0.25) is 10.2 Å². The number of halogens is 2. The van der Waals surface area contributed by atoms with Crippen LogP contribution in [0.1, 0.15) is 16.2 Å². The molecule has 0 saturated heterocycles. The number of carbonyl (C=O) groups is 1. The summed E-state index contributed by atoms with van der Waals surface area (Å²) >= 11 is 11.6. The number of nitrogens with one attached hydrogen (secondary N) is 1. The van der Waals surface area contributed by atoms with Crippen molar-refractivity contribution in [2.75, 3.05) is 11.1 Å². The number of anilines is 3. The van der Waals surface area contributed by atoms with Crippen LogP contribution in [0, 0.1) is 0 Å². The maximum absolute atomic E-state index is 12.1. The Bertz CT molecular complexity index is 939. The molecule has 3 N–H and O–H groups in total. The number of hydrogen-bond acceptors (Lipinski definition) is 8. The maximum Gasteiger partial charge on any atom is 0.340 e. The summed E-state index contributed by atoms with van der Waals surface area (Å²) in [5.74, 6) is -0.212. The summed E-state index contributed by atoms with van der Waals surface area (Å²) in [5, 5.41) is 3.25. The largest absolute Gasteiger partial charge is 0.454 e. The lowest BCUT2D eigenvalue weighted by Crippen LogP contribution is -2.11. The van der Waals surface area contributed by atoms with Gasteiger partial charge in [0, 0.05) is 11.9 Å². The van der Waals surface area contributed by atoms with E-state index in [4.69, 9.17) is 33.7 Å². The third kappa shape index (κ3) is 4.56. The second-order valence-corrected chi connectivity index (χ2v) is 5.76. The molecule has 0 radical (unpaired) electrons. The van der Waals surface area contributed by atoms with Gasteiger partial charge in [0.05, 0.1) is 10.6 Å². The van der Waals surface area contributed by atoms with Crippen molar-refractivity contribution in [3.8, 4) is 0 Å². The molecule has 0 spiro atoms. The molecule has 0 amide bonds. The number of ether oxygens (including phenoxy) is 1. The molecule has 0 atom stereocenters. The van der Waals surface area contributed by atoms with Gasteiger partial charge in [-0.15, -0.1) is 0 Å². The van der Waals surface area contributed by atoms with Gasteiger partial charge >= 0.3 is 5.97 Å². The summed E-state index contributed by atoms with van der Waals surface area (Å²) < 4.78 is 5.15. The second kappa shape index (κ2) is 7.94. The standard InChI is InChI=1S/C16H12Cl2N6O2/c17-11-6-9(7-20-13(11)18)14(25)26-8-12-22-15(19)24-16(23-12)21-10-4-2-1-3-5-10/h1-7H,8H2,(H3,19,21,22,23,24). The third-order valence-corrected chi connectivity index (χ3v) is 3.78.